The maximum atomic E-state index is 13.1. The Kier molecular flexibility index (Phi) is 4.80. The largest absolute Gasteiger partial charge is 0.354 e. The SMILES string of the molecule is O=C([C@H]1O[C@@H]1c1ccccc1)N(Cc1ccccc1)Cc1ccccc1. The van der Waals surface area contributed by atoms with Gasteiger partial charge < -0.3 is 9.64 Å². The summed E-state index contributed by atoms with van der Waals surface area (Å²) in [6.07, 6.45) is -0.512. The molecule has 1 aliphatic heterocycles. The van der Waals surface area contributed by atoms with Gasteiger partial charge in [-0.15, -0.1) is 0 Å². The lowest BCUT2D eigenvalue weighted by Crippen LogP contribution is -2.33. The molecule has 4 rings (SSSR count). The van der Waals surface area contributed by atoms with Crippen LogP contribution in [0, 0.1) is 0 Å². The quantitative estimate of drug-likeness (QED) is 0.623. The third-order valence-corrected chi connectivity index (χ3v) is 4.61. The predicted octanol–water partition coefficient (Wildman–Crippen LogP) is 4.36. The number of carbonyl (C=O) groups is 1. The van der Waals surface area contributed by atoms with Gasteiger partial charge in [-0.2, -0.15) is 0 Å². The molecule has 0 spiro atoms. The van der Waals surface area contributed by atoms with E-state index in [0.29, 0.717) is 13.1 Å². The Morgan fingerprint density at radius 2 is 1.19 bits per heavy atom. The molecule has 0 bridgehead atoms. The molecule has 0 saturated carbocycles. The fourth-order valence-corrected chi connectivity index (χ4v) is 3.20. The summed E-state index contributed by atoms with van der Waals surface area (Å²) in [7, 11) is 0. The highest BCUT2D eigenvalue weighted by Crippen LogP contribution is 2.40. The highest BCUT2D eigenvalue weighted by molar-refractivity contribution is 5.84. The zero-order valence-electron chi connectivity index (χ0n) is 14.5. The molecule has 3 heteroatoms. The van der Waals surface area contributed by atoms with E-state index in [2.05, 4.69) is 0 Å². The smallest absolute Gasteiger partial charge is 0.255 e. The van der Waals surface area contributed by atoms with Gasteiger partial charge in [-0.3, -0.25) is 4.79 Å². The Hall–Kier alpha value is -2.91. The molecule has 130 valence electrons. The summed E-state index contributed by atoms with van der Waals surface area (Å²) in [5.74, 6) is 0.0477. The third kappa shape index (κ3) is 3.84. The van der Waals surface area contributed by atoms with E-state index < -0.39 is 0 Å². The molecular weight excluding hydrogens is 322 g/mol. The van der Waals surface area contributed by atoms with Crippen molar-refractivity contribution in [3.8, 4) is 0 Å². The van der Waals surface area contributed by atoms with Gasteiger partial charge in [-0.1, -0.05) is 91.0 Å². The molecule has 3 nitrogen and oxygen atoms in total. The monoisotopic (exact) mass is 343 g/mol. The second-order valence-corrected chi connectivity index (χ2v) is 6.55. The Bertz CT molecular complexity index is 808. The van der Waals surface area contributed by atoms with Crippen LogP contribution in [-0.2, 0) is 22.6 Å². The molecule has 0 N–H and O–H groups in total. The van der Waals surface area contributed by atoms with Gasteiger partial charge in [0.15, 0.2) is 6.10 Å². The molecule has 3 aromatic carbocycles. The summed E-state index contributed by atoms with van der Waals surface area (Å²) >= 11 is 0. The van der Waals surface area contributed by atoms with Gasteiger partial charge in [0, 0.05) is 13.1 Å². The van der Waals surface area contributed by atoms with E-state index in [9.17, 15) is 4.79 Å². The number of amides is 1. The van der Waals surface area contributed by atoms with Crippen molar-refractivity contribution in [3.05, 3.63) is 108 Å². The minimum absolute atomic E-state index is 0.0477. The van der Waals surface area contributed by atoms with E-state index in [1.807, 2.05) is 95.9 Å². The standard InChI is InChI=1S/C23H21NO2/c25-23(22-21(26-22)20-14-8-3-9-15-20)24(16-18-10-4-1-5-11-18)17-19-12-6-2-7-13-19/h1-15,21-22H,16-17H2/t21-,22+/m1/s1. The van der Waals surface area contributed by atoms with Crippen molar-refractivity contribution in [2.45, 2.75) is 25.3 Å². The van der Waals surface area contributed by atoms with Gasteiger partial charge in [0.25, 0.3) is 5.91 Å². The second-order valence-electron chi connectivity index (χ2n) is 6.55. The normalized spacial score (nSPS) is 18.3. The van der Waals surface area contributed by atoms with Crippen LogP contribution in [0.2, 0.25) is 0 Å². The number of hydrogen-bond acceptors (Lipinski definition) is 2. The van der Waals surface area contributed by atoms with Crippen LogP contribution in [0.3, 0.4) is 0 Å². The average molecular weight is 343 g/mol. The van der Waals surface area contributed by atoms with Crippen LogP contribution < -0.4 is 0 Å². The summed E-state index contributed by atoms with van der Waals surface area (Å²) < 4.78 is 5.73. The molecule has 3 aromatic rings. The van der Waals surface area contributed by atoms with Crippen molar-refractivity contribution in [1.29, 1.82) is 0 Å². The lowest BCUT2D eigenvalue weighted by Gasteiger charge is -2.22. The number of rotatable bonds is 6. The van der Waals surface area contributed by atoms with Crippen molar-refractivity contribution in [2.75, 3.05) is 0 Å². The molecule has 0 unspecified atom stereocenters. The summed E-state index contributed by atoms with van der Waals surface area (Å²) in [5.41, 5.74) is 3.30. The number of ether oxygens (including phenoxy) is 1. The molecule has 26 heavy (non-hydrogen) atoms. The van der Waals surface area contributed by atoms with Crippen molar-refractivity contribution >= 4 is 5.91 Å². The average Bonchev–Trinajstić information content (AvgIpc) is 3.50. The zero-order chi connectivity index (χ0) is 17.8. The van der Waals surface area contributed by atoms with Gasteiger partial charge in [0.1, 0.15) is 6.10 Å². The molecule has 1 heterocycles. The Morgan fingerprint density at radius 3 is 1.69 bits per heavy atom. The molecule has 0 aliphatic carbocycles. The molecule has 0 aromatic heterocycles. The van der Waals surface area contributed by atoms with Gasteiger partial charge in [-0.05, 0) is 16.7 Å². The Morgan fingerprint density at radius 1 is 0.731 bits per heavy atom. The summed E-state index contributed by atoms with van der Waals surface area (Å²) in [5, 5.41) is 0. The minimum Gasteiger partial charge on any atom is -0.354 e. The number of epoxide rings is 1. The highest BCUT2D eigenvalue weighted by atomic mass is 16.6. The van der Waals surface area contributed by atoms with E-state index in [0.717, 1.165) is 16.7 Å². The first kappa shape index (κ1) is 16.6. The first-order valence-electron chi connectivity index (χ1n) is 8.88. The van der Waals surface area contributed by atoms with Crippen molar-refractivity contribution < 1.29 is 9.53 Å². The molecular formula is C23H21NO2. The van der Waals surface area contributed by atoms with Gasteiger partial charge in [-0.25, -0.2) is 0 Å². The Balaban J connectivity index is 1.51. The number of hydrogen-bond donors (Lipinski definition) is 0. The summed E-state index contributed by atoms with van der Waals surface area (Å²) in [6.45, 7) is 1.16. The van der Waals surface area contributed by atoms with Gasteiger partial charge in [0.2, 0.25) is 0 Å². The van der Waals surface area contributed by atoms with Crippen LogP contribution >= 0.6 is 0 Å². The zero-order valence-corrected chi connectivity index (χ0v) is 14.5. The van der Waals surface area contributed by atoms with Crippen LogP contribution in [0.25, 0.3) is 0 Å². The van der Waals surface area contributed by atoms with Gasteiger partial charge in [0.05, 0.1) is 0 Å². The van der Waals surface area contributed by atoms with Crippen molar-refractivity contribution in [1.82, 2.24) is 4.90 Å². The van der Waals surface area contributed by atoms with Gasteiger partial charge >= 0.3 is 0 Å². The lowest BCUT2D eigenvalue weighted by molar-refractivity contribution is -0.133. The summed E-state index contributed by atoms with van der Waals surface area (Å²) in [6, 6.07) is 30.1. The lowest BCUT2D eigenvalue weighted by atomic mass is 10.1. The number of benzene rings is 3. The fourth-order valence-electron chi connectivity index (χ4n) is 3.20. The van der Waals surface area contributed by atoms with Crippen LogP contribution in [0.5, 0.6) is 0 Å². The first-order valence-corrected chi connectivity index (χ1v) is 8.88. The maximum Gasteiger partial charge on any atom is 0.255 e. The number of nitrogens with zero attached hydrogens (tertiary/aromatic N) is 1. The fraction of sp³-hybridized carbons (Fsp3) is 0.174. The van der Waals surface area contributed by atoms with Crippen LogP contribution in [0.1, 0.15) is 22.8 Å². The summed E-state index contributed by atoms with van der Waals surface area (Å²) in [4.78, 5) is 15.0. The molecule has 2 atom stereocenters. The molecule has 1 amide bonds. The minimum atomic E-state index is -0.384. The maximum absolute atomic E-state index is 13.1. The Labute approximate surface area is 153 Å². The van der Waals surface area contributed by atoms with Crippen LogP contribution in [0.15, 0.2) is 91.0 Å². The second kappa shape index (κ2) is 7.54. The van der Waals surface area contributed by atoms with Crippen molar-refractivity contribution in [2.24, 2.45) is 0 Å². The van der Waals surface area contributed by atoms with Crippen LogP contribution in [0.4, 0.5) is 0 Å². The first-order chi connectivity index (χ1) is 12.8. The molecule has 0 radical (unpaired) electrons. The van der Waals surface area contributed by atoms with Crippen LogP contribution in [-0.4, -0.2) is 16.9 Å². The number of carbonyl (C=O) groups excluding carboxylic acids is 1. The van der Waals surface area contributed by atoms with E-state index >= 15 is 0 Å². The molecule has 1 saturated heterocycles. The predicted molar refractivity (Wildman–Crippen MR) is 101 cm³/mol. The van der Waals surface area contributed by atoms with Crippen molar-refractivity contribution in [3.63, 3.8) is 0 Å². The van der Waals surface area contributed by atoms with E-state index in [1.165, 1.54) is 0 Å². The molecule has 1 aliphatic rings. The topological polar surface area (TPSA) is 32.8 Å². The van der Waals surface area contributed by atoms with E-state index in [1.54, 1.807) is 0 Å². The van der Waals surface area contributed by atoms with E-state index in [-0.39, 0.29) is 18.1 Å². The molecule has 1 fully saturated rings. The van der Waals surface area contributed by atoms with E-state index in [4.69, 9.17) is 4.74 Å². The highest BCUT2D eigenvalue weighted by Gasteiger charge is 2.47. The third-order valence-electron chi connectivity index (χ3n) is 4.61.